The Kier molecular flexibility index (Phi) is 8.54. The number of nitrogens with one attached hydrogen (secondary N) is 1. The number of carbonyl (C=O) groups excluding carboxylic acids is 1. The lowest BCUT2D eigenvalue weighted by atomic mass is 9.91. The highest BCUT2D eigenvalue weighted by molar-refractivity contribution is 7.21. The molecule has 0 radical (unpaired) electrons. The zero-order valence-electron chi connectivity index (χ0n) is 24.4. The summed E-state index contributed by atoms with van der Waals surface area (Å²) in [6, 6.07) is 3.21. The second-order valence-electron chi connectivity index (χ2n) is 11.5. The molecule has 3 unspecified atom stereocenters. The number of aromatic hydroxyl groups is 1. The largest absolute Gasteiger partial charge is 0.508 e. The van der Waals surface area contributed by atoms with Gasteiger partial charge in [0.1, 0.15) is 26.9 Å². The molecule has 14 heteroatoms. The van der Waals surface area contributed by atoms with Crippen LogP contribution in [-0.2, 0) is 28.0 Å². The van der Waals surface area contributed by atoms with Gasteiger partial charge in [-0.1, -0.05) is 11.3 Å². The molecule has 4 aromatic rings. The highest BCUT2D eigenvalue weighted by Gasteiger charge is 2.37. The molecule has 0 spiro atoms. The first-order valence-electron chi connectivity index (χ1n) is 14.1. The van der Waals surface area contributed by atoms with E-state index in [1.807, 2.05) is 0 Å². The Balaban J connectivity index is 1.57. The Morgan fingerprint density at radius 2 is 2.00 bits per heavy atom. The first-order valence-corrected chi connectivity index (χ1v) is 14.9. The Morgan fingerprint density at radius 1 is 1.28 bits per heavy atom. The fraction of sp³-hybridized carbons (Fsp3) is 0.483. The lowest BCUT2D eigenvalue weighted by molar-refractivity contribution is -0.129. The SMILES string of the molecule is Cc1c(-n2nccn2)sc2c1c(=O)n(C(C)(C)C(=O)NC(C)CC1COCCC1O)c(=O)n2CCc1cc(F)ccc1O. The number of benzene rings is 1. The van der Waals surface area contributed by atoms with Crippen LogP contribution in [0.1, 0.15) is 44.7 Å². The van der Waals surface area contributed by atoms with Crippen LogP contribution in [0, 0.1) is 18.7 Å². The Bertz CT molecular complexity index is 1760. The van der Waals surface area contributed by atoms with Crippen LogP contribution in [0.4, 0.5) is 4.39 Å². The molecule has 12 nitrogen and oxygen atoms in total. The highest BCUT2D eigenvalue weighted by atomic mass is 32.1. The van der Waals surface area contributed by atoms with Gasteiger partial charge in [0, 0.05) is 30.7 Å². The number of phenolic OH excluding ortho intramolecular Hbond substituents is 1. The van der Waals surface area contributed by atoms with Gasteiger partial charge in [0.05, 0.1) is 30.5 Å². The second kappa shape index (κ2) is 12.0. The molecule has 3 N–H and O–H groups in total. The number of hydrogen-bond donors (Lipinski definition) is 3. The van der Waals surface area contributed by atoms with E-state index >= 15 is 0 Å². The summed E-state index contributed by atoms with van der Waals surface area (Å²) in [5.74, 6) is -1.34. The van der Waals surface area contributed by atoms with Gasteiger partial charge in [-0.05, 0) is 70.7 Å². The summed E-state index contributed by atoms with van der Waals surface area (Å²) in [6.07, 6.45) is 3.52. The number of halogens is 1. The van der Waals surface area contributed by atoms with Gasteiger partial charge in [0.15, 0.2) is 0 Å². The number of carbonyl (C=O) groups is 1. The minimum Gasteiger partial charge on any atom is -0.508 e. The number of aromatic nitrogens is 5. The van der Waals surface area contributed by atoms with Gasteiger partial charge in [0.2, 0.25) is 5.91 Å². The smallest absolute Gasteiger partial charge is 0.333 e. The molecule has 3 atom stereocenters. The highest BCUT2D eigenvalue weighted by Crippen LogP contribution is 2.31. The van der Waals surface area contributed by atoms with E-state index in [1.165, 1.54) is 47.7 Å². The van der Waals surface area contributed by atoms with E-state index in [2.05, 4.69) is 15.5 Å². The van der Waals surface area contributed by atoms with E-state index in [4.69, 9.17) is 4.74 Å². The number of nitrogens with zero attached hydrogens (tertiary/aromatic N) is 5. The molecule has 5 rings (SSSR count). The Labute approximate surface area is 250 Å². The normalized spacial score (nSPS) is 18.2. The van der Waals surface area contributed by atoms with E-state index in [-0.39, 0.29) is 36.1 Å². The van der Waals surface area contributed by atoms with Crippen molar-refractivity contribution >= 4 is 27.5 Å². The van der Waals surface area contributed by atoms with E-state index in [0.717, 1.165) is 22.0 Å². The van der Waals surface area contributed by atoms with Gasteiger partial charge in [-0.3, -0.25) is 14.2 Å². The van der Waals surface area contributed by atoms with Crippen LogP contribution in [0.3, 0.4) is 0 Å². The molecular formula is C29H35FN6O6S. The van der Waals surface area contributed by atoms with Crippen molar-refractivity contribution in [1.29, 1.82) is 0 Å². The molecule has 0 bridgehead atoms. The summed E-state index contributed by atoms with van der Waals surface area (Å²) in [5, 5.41) is 32.6. The van der Waals surface area contributed by atoms with Gasteiger partial charge in [-0.2, -0.15) is 10.2 Å². The molecular weight excluding hydrogens is 579 g/mol. The number of amides is 1. The molecule has 0 aliphatic carbocycles. The number of phenols is 1. The minimum atomic E-state index is -1.61. The van der Waals surface area contributed by atoms with Crippen molar-refractivity contribution in [3.05, 3.63) is 68.4 Å². The molecule has 1 fully saturated rings. The summed E-state index contributed by atoms with van der Waals surface area (Å²) in [6.45, 7) is 7.40. The average molecular weight is 615 g/mol. The minimum absolute atomic E-state index is 0.00771. The number of aryl methyl sites for hydroxylation is 3. The first-order chi connectivity index (χ1) is 20.4. The lowest BCUT2D eigenvalue weighted by Gasteiger charge is -2.32. The fourth-order valence-corrected chi connectivity index (χ4v) is 6.78. The maximum atomic E-state index is 14.1. The third-order valence-electron chi connectivity index (χ3n) is 8.02. The van der Waals surface area contributed by atoms with E-state index in [9.17, 15) is 29.0 Å². The molecule has 43 heavy (non-hydrogen) atoms. The number of aliphatic hydroxyl groups is 1. The molecule has 1 aliphatic heterocycles. The predicted octanol–water partition coefficient (Wildman–Crippen LogP) is 2.23. The van der Waals surface area contributed by atoms with Crippen molar-refractivity contribution in [2.75, 3.05) is 13.2 Å². The molecule has 1 aliphatic rings. The zero-order chi connectivity index (χ0) is 31.1. The quantitative estimate of drug-likeness (QED) is 0.260. The van der Waals surface area contributed by atoms with E-state index in [0.29, 0.717) is 47.0 Å². The number of aliphatic hydroxyl groups excluding tert-OH is 1. The number of ether oxygens (including phenoxy) is 1. The van der Waals surface area contributed by atoms with E-state index < -0.39 is 34.6 Å². The Hall–Kier alpha value is -3.88. The van der Waals surface area contributed by atoms with Crippen molar-refractivity contribution in [3.8, 4) is 10.8 Å². The maximum absolute atomic E-state index is 14.1. The Morgan fingerprint density at radius 3 is 2.70 bits per heavy atom. The summed E-state index contributed by atoms with van der Waals surface area (Å²) in [5.41, 5.74) is -2.15. The maximum Gasteiger partial charge on any atom is 0.333 e. The lowest BCUT2D eigenvalue weighted by Crippen LogP contribution is -2.57. The van der Waals surface area contributed by atoms with Crippen LogP contribution in [0.25, 0.3) is 15.2 Å². The molecule has 1 saturated heterocycles. The third-order valence-corrected chi connectivity index (χ3v) is 9.30. The van der Waals surface area contributed by atoms with Crippen molar-refractivity contribution in [2.45, 2.75) is 71.2 Å². The summed E-state index contributed by atoms with van der Waals surface area (Å²) < 4.78 is 21.8. The molecule has 230 valence electrons. The second-order valence-corrected chi connectivity index (χ2v) is 12.5. The standard InChI is InChI=1S/C29H35FN6O6S/c1-16(13-19-15-42-12-8-22(19)38)33-27(40)29(3,4)35-24(39)23-17(2)25(36-31-9-10-32-36)43-26(23)34(28(35)41)11-7-18-14-20(30)5-6-21(18)37/h5-6,9-10,14,16,19,22,37-38H,7-8,11-13,15H2,1-4H3,(H,33,40). The van der Waals surface area contributed by atoms with Gasteiger partial charge in [-0.15, -0.1) is 4.80 Å². The van der Waals surface area contributed by atoms with Gasteiger partial charge in [-0.25, -0.2) is 13.8 Å². The predicted molar refractivity (Wildman–Crippen MR) is 158 cm³/mol. The molecule has 1 amide bonds. The monoisotopic (exact) mass is 614 g/mol. The van der Waals surface area contributed by atoms with E-state index in [1.54, 1.807) is 13.8 Å². The summed E-state index contributed by atoms with van der Waals surface area (Å²) >= 11 is 1.15. The average Bonchev–Trinajstić information content (AvgIpc) is 3.60. The van der Waals surface area contributed by atoms with Crippen LogP contribution in [0.2, 0.25) is 0 Å². The summed E-state index contributed by atoms with van der Waals surface area (Å²) in [4.78, 5) is 43.6. The summed E-state index contributed by atoms with van der Waals surface area (Å²) in [7, 11) is 0. The van der Waals surface area contributed by atoms with Crippen molar-refractivity contribution < 1.29 is 24.1 Å². The van der Waals surface area contributed by atoms with Gasteiger partial charge in [0.25, 0.3) is 5.56 Å². The number of thiophene rings is 1. The van der Waals surface area contributed by atoms with Crippen LogP contribution in [0.15, 0.2) is 40.2 Å². The molecule has 4 heterocycles. The zero-order valence-corrected chi connectivity index (χ0v) is 25.2. The van der Waals surface area contributed by atoms with Crippen molar-refractivity contribution in [1.82, 2.24) is 29.4 Å². The van der Waals surface area contributed by atoms with Crippen LogP contribution >= 0.6 is 11.3 Å². The molecule has 1 aromatic carbocycles. The first kappa shape index (κ1) is 30.6. The van der Waals surface area contributed by atoms with Crippen LogP contribution in [-0.4, -0.2) is 65.6 Å². The molecule has 3 aromatic heterocycles. The van der Waals surface area contributed by atoms with Gasteiger partial charge >= 0.3 is 5.69 Å². The third kappa shape index (κ3) is 5.86. The van der Waals surface area contributed by atoms with Crippen LogP contribution in [0.5, 0.6) is 5.75 Å². The molecule has 0 saturated carbocycles. The van der Waals surface area contributed by atoms with Crippen molar-refractivity contribution in [2.24, 2.45) is 5.92 Å². The van der Waals surface area contributed by atoms with Gasteiger partial charge < -0.3 is 20.3 Å². The van der Waals surface area contributed by atoms with Crippen molar-refractivity contribution in [3.63, 3.8) is 0 Å². The number of hydrogen-bond acceptors (Lipinski definition) is 9. The number of rotatable bonds is 9. The number of fused-ring (bicyclic) bond motifs is 1. The van der Waals surface area contributed by atoms with Crippen LogP contribution < -0.4 is 16.6 Å². The topological polar surface area (TPSA) is 154 Å². The fourth-order valence-electron chi connectivity index (χ4n) is 5.55.